The van der Waals surface area contributed by atoms with Crippen molar-refractivity contribution in [3.05, 3.63) is 62.6 Å². The summed E-state index contributed by atoms with van der Waals surface area (Å²) < 4.78 is 0. The van der Waals surface area contributed by atoms with Crippen molar-refractivity contribution in [2.24, 2.45) is 0 Å². The van der Waals surface area contributed by atoms with Gasteiger partial charge in [0.25, 0.3) is 11.8 Å². The zero-order valence-corrected chi connectivity index (χ0v) is 15.2. The number of aryl methyl sites for hydroxylation is 2. The molecular weight excluding hydrogens is 375 g/mol. The normalized spacial score (nSPS) is 15.2. The molecule has 3 amide bonds. The SMILES string of the molecule is O=C(CN1C(=O)c2cc(Cl)c(Cl)cc2C1=O)Nc1ccc2c(c1)CCC2. The highest BCUT2D eigenvalue weighted by Gasteiger charge is 2.37. The first-order valence-corrected chi connectivity index (χ1v) is 8.96. The number of hydrogen-bond donors (Lipinski definition) is 1. The Morgan fingerprint density at radius 2 is 1.58 bits per heavy atom. The number of fused-ring (bicyclic) bond motifs is 2. The molecule has 1 aliphatic carbocycles. The van der Waals surface area contributed by atoms with Crippen LogP contribution in [0.25, 0.3) is 0 Å². The molecule has 0 radical (unpaired) electrons. The third-order valence-electron chi connectivity index (χ3n) is 4.70. The van der Waals surface area contributed by atoms with Crippen molar-refractivity contribution in [3.63, 3.8) is 0 Å². The monoisotopic (exact) mass is 388 g/mol. The second-order valence-electron chi connectivity index (χ2n) is 6.39. The van der Waals surface area contributed by atoms with Crippen molar-refractivity contribution in [3.8, 4) is 0 Å². The molecule has 26 heavy (non-hydrogen) atoms. The van der Waals surface area contributed by atoms with Crippen LogP contribution in [0.15, 0.2) is 30.3 Å². The number of imide groups is 1. The molecule has 0 bridgehead atoms. The summed E-state index contributed by atoms with van der Waals surface area (Å²) in [7, 11) is 0. The van der Waals surface area contributed by atoms with Crippen LogP contribution in [0.4, 0.5) is 5.69 Å². The molecule has 5 nitrogen and oxygen atoms in total. The van der Waals surface area contributed by atoms with Crippen LogP contribution in [0.1, 0.15) is 38.3 Å². The summed E-state index contributed by atoms with van der Waals surface area (Å²) >= 11 is 11.8. The Labute approximate surface area is 159 Å². The molecule has 0 atom stereocenters. The van der Waals surface area contributed by atoms with Gasteiger partial charge in [0.1, 0.15) is 6.54 Å². The van der Waals surface area contributed by atoms with Gasteiger partial charge in [-0.3, -0.25) is 19.3 Å². The summed E-state index contributed by atoms with van der Waals surface area (Å²) in [6.45, 7) is -0.362. The lowest BCUT2D eigenvalue weighted by Crippen LogP contribution is -2.37. The van der Waals surface area contributed by atoms with Gasteiger partial charge in [-0.25, -0.2) is 0 Å². The maximum absolute atomic E-state index is 12.4. The Morgan fingerprint density at radius 1 is 0.962 bits per heavy atom. The number of anilines is 1. The molecule has 132 valence electrons. The summed E-state index contributed by atoms with van der Waals surface area (Å²) in [5.74, 6) is -1.53. The molecule has 2 aliphatic rings. The standard InChI is InChI=1S/C19H14Cl2N2O3/c20-15-7-13-14(8-16(15)21)19(26)23(18(13)25)9-17(24)22-12-5-4-10-2-1-3-11(10)6-12/h4-8H,1-3,9H2,(H,22,24). The van der Waals surface area contributed by atoms with Gasteiger partial charge in [-0.2, -0.15) is 0 Å². The van der Waals surface area contributed by atoms with Crippen molar-refractivity contribution in [2.75, 3.05) is 11.9 Å². The minimum absolute atomic E-state index is 0.162. The molecule has 2 aromatic rings. The van der Waals surface area contributed by atoms with E-state index < -0.39 is 17.7 Å². The highest BCUT2D eigenvalue weighted by Crippen LogP contribution is 2.31. The average molecular weight is 389 g/mol. The van der Waals surface area contributed by atoms with Gasteiger partial charge in [-0.15, -0.1) is 0 Å². The van der Waals surface area contributed by atoms with Crippen LogP contribution in [0, 0.1) is 0 Å². The van der Waals surface area contributed by atoms with Gasteiger partial charge in [0.05, 0.1) is 21.2 Å². The van der Waals surface area contributed by atoms with Gasteiger partial charge in [0.15, 0.2) is 0 Å². The van der Waals surface area contributed by atoms with Gasteiger partial charge in [0.2, 0.25) is 5.91 Å². The van der Waals surface area contributed by atoms with Crippen LogP contribution in [0.5, 0.6) is 0 Å². The molecule has 1 aliphatic heterocycles. The van der Waals surface area contributed by atoms with Crippen LogP contribution in [0.2, 0.25) is 10.0 Å². The van der Waals surface area contributed by atoms with Gasteiger partial charge in [-0.05, 0) is 54.7 Å². The van der Waals surface area contributed by atoms with Crippen molar-refractivity contribution in [1.29, 1.82) is 0 Å². The number of amides is 3. The molecule has 0 unspecified atom stereocenters. The van der Waals surface area contributed by atoms with Crippen molar-refractivity contribution in [1.82, 2.24) is 4.90 Å². The highest BCUT2D eigenvalue weighted by atomic mass is 35.5. The maximum atomic E-state index is 12.4. The summed E-state index contributed by atoms with van der Waals surface area (Å²) in [6.07, 6.45) is 3.18. The molecule has 4 rings (SSSR count). The minimum atomic E-state index is -0.548. The van der Waals surface area contributed by atoms with E-state index in [1.165, 1.54) is 23.3 Å². The maximum Gasteiger partial charge on any atom is 0.262 e. The zero-order valence-electron chi connectivity index (χ0n) is 13.6. The van der Waals surface area contributed by atoms with E-state index in [9.17, 15) is 14.4 Å². The molecular formula is C19H14Cl2N2O3. The molecule has 0 aromatic heterocycles. The molecule has 0 saturated heterocycles. The topological polar surface area (TPSA) is 66.5 Å². The van der Waals surface area contributed by atoms with Crippen LogP contribution >= 0.6 is 23.2 Å². The molecule has 0 fully saturated rings. The molecule has 2 aromatic carbocycles. The van der Waals surface area contributed by atoms with Gasteiger partial charge >= 0.3 is 0 Å². The number of rotatable bonds is 3. The van der Waals surface area contributed by atoms with Crippen LogP contribution in [-0.2, 0) is 17.6 Å². The Bertz CT molecular complexity index is 930. The molecule has 1 N–H and O–H groups in total. The molecule has 1 heterocycles. The highest BCUT2D eigenvalue weighted by molar-refractivity contribution is 6.43. The lowest BCUT2D eigenvalue weighted by Gasteiger charge is -2.14. The van der Waals surface area contributed by atoms with E-state index in [4.69, 9.17) is 23.2 Å². The second-order valence-corrected chi connectivity index (χ2v) is 7.21. The first-order valence-electron chi connectivity index (χ1n) is 8.21. The van der Waals surface area contributed by atoms with E-state index in [1.54, 1.807) is 0 Å². The second kappa shape index (κ2) is 6.41. The number of hydrogen-bond acceptors (Lipinski definition) is 3. The fourth-order valence-corrected chi connectivity index (χ4v) is 3.75. The van der Waals surface area contributed by atoms with Crippen molar-refractivity contribution >= 4 is 46.6 Å². The van der Waals surface area contributed by atoms with E-state index in [0.717, 1.165) is 24.2 Å². The van der Waals surface area contributed by atoms with E-state index in [1.807, 2.05) is 18.2 Å². The lowest BCUT2D eigenvalue weighted by molar-refractivity contribution is -0.116. The van der Waals surface area contributed by atoms with Gasteiger partial charge in [-0.1, -0.05) is 29.3 Å². The first-order chi connectivity index (χ1) is 12.4. The minimum Gasteiger partial charge on any atom is -0.325 e. The summed E-state index contributed by atoms with van der Waals surface area (Å²) in [5, 5.41) is 3.13. The third kappa shape index (κ3) is 2.87. The van der Waals surface area contributed by atoms with Crippen LogP contribution in [0.3, 0.4) is 0 Å². The number of nitrogens with zero attached hydrogens (tertiary/aromatic N) is 1. The number of benzene rings is 2. The van der Waals surface area contributed by atoms with Gasteiger partial charge in [0, 0.05) is 5.69 Å². The number of nitrogens with one attached hydrogen (secondary N) is 1. The van der Waals surface area contributed by atoms with E-state index in [2.05, 4.69) is 5.32 Å². The Balaban J connectivity index is 1.50. The fraction of sp³-hybridized carbons (Fsp3) is 0.211. The predicted molar refractivity (Wildman–Crippen MR) is 98.9 cm³/mol. The number of halogens is 2. The third-order valence-corrected chi connectivity index (χ3v) is 5.42. The Morgan fingerprint density at radius 3 is 2.23 bits per heavy atom. The van der Waals surface area contributed by atoms with Crippen LogP contribution in [-0.4, -0.2) is 29.2 Å². The average Bonchev–Trinajstić information content (AvgIpc) is 3.15. The fourth-order valence-electron chi connectivity index (χ4n) is 3.42. The molecule has 0 saturated carbocycles. The predicted octanol–water partition coefficient (Wildman–Crippen LogP) is 3.72. The van der Waals surface area contributed by atoms with Crippen molar-refractivity contribution in [2.45, 2.75) is 19.3 Å². The smallest absolute Gasteiger partial charge is 0.262 e. The molecule has 7 heteroatoms. The Hall–Kier alpha value is -2.37. The summed E-state index contributed by atoms with van der Waals surface area (Å²) in [6, 6.07) is 8.51. The van der Waals surface area contributed by atoms with E-state index in [0.29, 0.717) is 5.69 Å². The van der Waals surface area contributed by atoms with E-state index in [-0.39, 0.29) is 27.7 Å². The summed E-state index contributed by atoms with van der Waals surface area (Å²) in [4.78, 5) is 38.1. The van der Waals surface area contributed by atoms with Crippen molar-refractivity contribution < 1.29 is 14.4 Å². The molecule has 0 spiro atoms. The largest absolute Gasteiger partial charge is 0.325 e. The van der Waals surface area contributed by atoms with E-state index >= 15 is 0 Å². The number of carbonyl (C=O) groups excluding carboxylic acids is 3. The quantitative estimate of drug-likeness (QED) is 0.814. The van der Waals surface area contributed by atoms with Gasteiger partial charge < -0.3 is 5.32 Å². The summed E-state index contributed by atoms with van der Waals surface area (Å²) in [5.41, 5.74) is 3.52. The lowest BCUT2D eigenvalue weighted by atomic mass is 10.1. The number of carbonyl (C=O) groups is 3. The van der Waals surface area contributed by atoms with Crippen LogP contribution < -0.4 is 5.32 Å². The Kier molecular flexibility index (Phi) is 4.21. The first kappa shape index (κ1) is 17.1. The zero-order chi connectivity index (χ0) is 18.4.